The van der Waals surface area contributed by atoms with Crippen LogP contribution in [0.15, 0.2) is 30.3 Å². The monoisotopic (exact) mass is 203 g/mol. The number of hydrazine groups is 1. The second-order valence-corrected chi connectivity index (χ2v) is 3.26. The zero-order valence-corrected chi connectivity index (χ0v) is 8.53. The molecule has 4 nitrogen and oxygen atoms in total. The minimum atomic E-state index is 0.486. The summed E-state index contributed by atoms with van der Waals surface area (Å²) in [6, 6.07) is 9.74. The molecule has 1 aromatic carbocycles. The fourth-order valence-corrected chi connectivity index (χ4v) is 1.57. The van der Waals surface area contributed by atoms with Gasteiger partial charge in [-0.25, -0.2) is 0 Å². The summed E-state index contributed by atoms with van der Waals surface area (Å²) in [5.74, 6) is 5.46. The number of ether oxygens (including phenoxy) is 1. The maximum absolute atomic E-state index is 5.46. The van der Waals surface area contributed by atoms with Crippen LogP contribution >= 0.6 is 0 Å². The van der Waals surface area contributed by atoms with Crippen LogP contribution in [-0.2, 0) is 11.3 Å². The minimum absolute atomic E-state index is 0.486. The first-order valence-corrected chi connectivity index (χ1v) is 4.69. The second kappa shape index (κ2) is 4.25. The van der Waals surface area contributed by atoms with E-state index < -0.39 is 0 Å². The number of para-hydroxylation sites is 1. The highest BCUT2D eigenvalue weighted by atomic mass is 16.5. The zero-order chi connectivity index (χ0) is 10.7. The number of aromatic nitrogens is 1. The largest absolute Gasteiger partial charge is 0.378 e. The molecule has 0 aliphatic rings. The van der Waals surface area contributed by atoms with Gasteiger partial charge in [-0.05, 0) is 12.1 Å². The molecule has 0 radical (unpaired) electrons. The summed E-state index contributed by atoms with van der Waals surface area (Å²) in [6.45, 7) is 0.486. The van der Waals surface area contributed by atoms with E-state index in [4.69, 9.17) is 10.6 Å². The van der Waals surface area contributed by atoms with E-state index in [-0.39, 0.29) is 0 Å². The Morgan fingerprint density at radius 2 is 2.20 bits per heavy atom. The Morgan fingerprint density at radius 3 is 2.93 bits per heavy atom. The number of nitrogen functional groups attached to an aromatic ring is 1. The van der Waals surface area contributed by atoms with Gasteiger partial charge in [-0.15, -0.1) is 0 Å². The van der Waals surface area contributed by atoms with Crippen molar-refractivity contribution in [3.63, 3.8) is 0 Å². The molecule has 0 aliphatic carbocycles. The maximum atomic E-state index is 5.46. The molecule has 15 heavy (non-hydrogen) atoms. The lowest BCUT2D eigenvalue weighted by Crippen LogP contribution is -2.08. The molecule has 78 valence electrons. The van der Waals surface area contributed by atoms with Gasteiger partial charge >= 0.3 is 0 Å². The van der Waals surface area contributed by atoms with Crippen LogP contribution in [0.5, 0.6) is 0 Å². The molecular formula is C11H13N3O. The van der Waals surface area contributed by atoms with Crippen LogP contribution in [0.3, 0.4) is 0 Å². The predicted octanol–water partition coefficient (Wildman–Crippen LogP) is 1.67. The number of nitrogens with one attached hydrogen (secondary N) is 1. The smallest absolute Gasteiger partial charge is 0.0885 e. The summed E-state index contributed by atoms with van der Waals surface area (Å²) in [4.78, 5) is 4.45. The van der Waals surface area contributed by atoms with Crippen LogP contribution in [0.25, 0.3) is 10.9 Å². The molecule has 1 aromatic heterocycles. The summed E-state index contributed by atoms with van der Waals surface area (Å²) in [5, 5.41) is 1.01. The molecule has 0 spiro atoms. The van der Waals surface area contributed by atoms with Gasteiger partial charge in [0.1, 0.15) is 0 Å². The molecule has 2 rings (SSSR count). The number of fused-ring (bicyclic) bond motifs is 1. The first-order chi connectivity index (χ1) is 7.35. The molecule has 0 fully saturated rings. The zero-order valence-electron chi connectivity index (χ0n) is 8.53. The lowest BCUT2D eigenvalue weighted by Gasteiger charge is -2.08. The van der Waals surface area contributed by atoms with E-state index in [1.54, 1.807) is 7.11 Å². The van der Waals surface area contributed by atoms with Gasteiger partial charge in [-0.3, -0.25) is 10.8 Å². The van der Waals surface area contributed by atoms with Crippen molar-refractivity contribution in [2.24, 2.45) is 5.84 Å². The van der Waals surface area contributed by atoms with E-state index in [1.807, 2.05) is 30.3 Å². The minimum Gasteiger partial charge on any atom is -0.378 e. The van der Waals surface area contributed by atoms with Crippen molar-refractivity contribution in [2.75, 3.05) is 12.5 Å². The molecule has 0 saturated carbocycles. The van der Waals surface area contributed by atoms with Gasteiger partial charge in [0.25, 0.3) is 0 Å². The summed E-state index contributed by atoms with van der Waals surface area (Å²) in [6.07, 6.45) is 0. The van der Waals surface area contributed by atoms with Gasteiger partial charge in [0.15, 0.2) is 0 Å². The number of methoxy groups -OCH3 is 1. The summed E-state index contributed by atoms with van der Waals surface area (Å²) >= 11 is 0. The van der Waals surface area contributed by atoms with E-state index in [0.29, 0.717) is 6.61 Å². The number of benzene rings is 1. The average Bonchev–Trinajstić information content (AvgIpc) is 2.28. The fraction of sp³-hybridized carbons (Fsp3) is 0.182. The highest BCUT2D eigenvalue weighted by molar-refractivity contribution is 5.91. The van der Waals surface area contributed by atoms with Crippen LogP contribution in [0, 0.1) is 0 Å². The topological polar surface area (TPSA) is 60.2 Å². The highest BCUT2D eigenvalue weighted by Crippen LogP contribution is 2.22. The molecule has 0 atom stereocenters. The third-order valence-corrected chi connectivity index (χ3v) is 2.22. The van der Waals surface area contributed by atoms with Crippen molar-refractivity contribution < 1.29 is 4.74 Å². The summed E-state index contributed by atoms with van der Waals surface area (Å²) in [5.41, 5.74) is 5.32. The molecule has 1 heterocycles. The predicted molar refractivity (Wildman–Crippen MR) is 60.3 cm³/mol. The number of nitrogens with zero attached hydrogens (tertiary/aromatic N) is 1. The molecule has 0 saturated heterocycles. The van der Waals surface area contributed by atoms with Crippen molar-refractivity contribution >= 4 is 16.6 Å². The average molecular weight is 203 g/mol. The summed E-state index contributed by atoms with van der Waals surface area (Å²) in [7, 11) is 1.65. The SMILES string of the molecule is COCc1cc(NN)c2ccccc2n1. The molecular weight excluding hydrogens is 190 g/mol. The Kier molecular flexibility index (Phi) is 2.80. The molecule has 4 heteroatoms. The number of anilines is 1. The number of rotatable bonds is 3. The third-order valence-electron chi connectivity index (χ3n) is 2.22. The van der Waals surface area contributed by atoms with Gasteiger partial charge in [-0.1, -0.05) is 18.2 Å². The van der Waals surface area contributed by atoms with Crippen molar-refractivity contribution in [3.05, 3.63) is 36.0 Å². The lowest BCUT2D eigenvalue weighted by molar-refractivity contribution is 0.182. The Labute approximate surface area is 88.0 Å². The van der Waals surface area contributed by atoms with Crippen LogP contribution in [0.4, 0.5) is 5.69 Å². The van der Waals surface area contributed by atoms with Crippen molar-refractivity contribution in [1.82, 2.24) is 4.98 Å². The Bertz CT molecular complexity index is 470. The Hall–Kier alpha value is -1.65. The van der Waals surface area contributed by atoms with Gasteiger partial charge in [-0.2, -0.15) is 0 Å². The molecule has 0 amide bonds. The lowest BCUT2D eigenvalue weighted by atomic mass is 10.1. The van der Waals surface area contributed by atoms with Crippen LogP contribution in [0.2, 0.25) is 0 Å². The van der Waals surface area contributed by atoms with Gasteiger partial charge in [0.2, 0.25) is 0 Å². The highest BCUT2D eigenvalue weighted by Gasteiger charge is 2.03. The third kappa shape index (κ3) is 1.91. The molecule has 0 unspecified atom stereocenters. The molecule has 0 bridgehead atoms. The second-order valence-electron chi connectivity index (χ2n) is 3.26. The van der Waals surface area contributed by atoms with Crippen molar-refractivity contribution in [1.29, 1.82) is 0 Å². The van der Waals surface area contributed by atoms with Gasteiger partial charge in [0, 0.05) is 12.5 Å². The van der Waals surface area contributed by atoms with E-state index in [9.17, 15) is 0 Å². The number of hydrogen-bond acceptors (Lipinski definition) is 4. The molecule has 0 aliphatic heterocycles. The number of pyridine rings is 1. The van der Waals surface area contributed by atoms with Gasteiger partial charge < -0.3 is 10.2 Å². The van der Waals surface area contributed by atoms with Gasteiger partial charge in [0.05, 0.1) is 23.5 Å². The van der Waals surface area contributed by atoms with Crippen LogP contribution in [0.1, 0.15) is 5.69 Å². The van der Waals surface area contributed by atoms with E-state index in [0.717, 1.165) is 22.3 Å². The Balaban J connectivity index is 2.60. The molecule has 3 N–H and O–H groups in total. The van der Waals surface area contributed by atoms with E-state index in [1.165, 1.54) is 0 Å². The standard InChI is InChI=1S/C11H13N3O/c1-15-7-8-6-11(14-12)9-4-2-3-5-10(9)13-8/h2-6H,7,12H2,1H3,(H,13,14). The summed E-state index contributed by atoms with van der Waals surface area (Å²) < 4.78 is 5.05. The first kappa shape index (κ1) is 9.89. The van der Waals surface area contributed by atoms with Crippen LogP contribution < -0.4 is 11.3 Å². The Morgan fingerprint density at radius 1 is 1.40 bits per heavy atom. The fourth-order valence-electron chi connectivity index (χ4n) is 1.57. The maximum Gasteiger partial charge on any atom is 0.0885 e. The quantitative estimate of drug-likeness (QED) is 0.588. The number of hydrogen-bond donors (Lipinski definition) is 2. The number of nitrogens with two attached hydrogens (primary N) is 1. The normalized spacial score (nSPS) is 10.5. The van der Waals surface area contributed by atoms with Crippen molar-refractivity contribution in [2.45, 2.75) is 6.61 Å². The van der Waals surface area contributed by atoms with E-state index in [2.05, 4.69) is 10.4 Å². The van der Waals surface area contributed by atoms with Crippen LogP contribution in [-0.4, -0.2) is 12.1 Å². The molecule has 2 aromatic rings. The van der Waals surface area contributed by atoms with E-state index >= 15 is 0 Å². The van der Waals surface area contributed by atoms with Crippen molar-refractivity contribution in [3.8, 4) is 0 Å². The first-order valence-electron chi connectivity index (χ1n) is 4.69.